The number of nitrogens with one attached hydrogen (secondary N) is 2. The molecule has 1 saturated heterocycles. The summed E-state index contributed by atoms with van der Waals surface area (Å²) in [6.45, 7) is 6.56. The highest BCUT2D eigenvalue weighted by molar-refractivity contribution is 5.88. The summed E-state index contributed by atoms with van der Waals surface area (Å²) in [6, 6.07) is 18.3. The summed E-state index contributed by atoms with van der Waals surface area (Å²) in [5.74, 6) is 2.05. The van der Waals surface area contributed by atoms with E-state index in [2.05, 4.69) is 44.8 Å². The van der Waals surface area contributed by atoms with Gasteiger partial charge in [0, 0.05) is 43.5 Å². The minimum Gasteiger partial charge on any atom is -0.326 e. The van der Waals surface area contributed by atoms with Crippen molar-refractivity contribution in [3.05, 3.63) is 77.6 Å². The fraction of sp³-hybridized carbons (Fsp3) is 0.320. The predicted octanol–water partition coefficient (Wildman–Crippen LogP) is 4.87. The molecule has 0 radical (unpaired) electrons. The number of pyridine rings is 2. The molecule has 0 saturated carbocycles. The molecule has 1 amide bonds. The lowest BCUT2D eigenvalue weighted by molar-refractivity contribution is -0.114. The molecule has 1 aromatic carbocycles. The zero-order chi connectivity index (χ0) is 21.6. The van der Waals surface area contributed by atoms with E-state index in [4.69, 9.17) is 4.98 Å². The van der Waals surface area contributed by atoms with Gasteiger partial charge in [-0.25, -0.2) is 9.97 Å². The molecule has 1 atom stereocenters. The molecular formula is C25H29N5O. The lowest BCUT2D eigenvalue weighted by Gasteiger charge is -2.32. The van der Waals surface area contributed by atoms with Crippen LogP contribution in [-0.4, -0.2) is 33.9 Å². The van der Waals surface area contributed by atoms with E-state index in [1.54, 1.807) is 6.20 Å². The highest BCUT2D eigenvalue weighted by Gasteiger charge is 2.22. The van der Waals surface area contributed by atoms with Crippen molar-refractivity contribution in [1.82, 2.24) is 14.9 Å². The van der Waals surface area contributed by atoms with Crippen molar-refractivity contribution >= 4 is 23.2 Å². The first kappa shape index (κ1) is 21.0. The number of piperidine rings is 1. The maximum absolute atomic E-state index is 11.2. The van der Waals surface area contributed by atoms with Gasteiger partial charge in [-0.05, 0) is 67.8 Å². The maximum atomic E-state index is 11.2. The van der Waals surface area contributed by atoms with Crippen LogP contribution < -0.4 is 10.6 Å². The van der Waals surface area contributed by atoms with Crippen molar-refractivity contribution in [2.24, 2.45) is 0 Å². The molecular weight excluding hydrogens is 386 g/mol. The van der Waals surface area contributed by atoms with Crippen LogP contribution in [0.5, 0.6) is 0 Å². The Morgan fingerprint density at radius 3 is 2.74 bits per heavy atom. The van der Waals surface area contributed by atoms with E-state index in [-0.39, 0.29) is 5.91 Å². The zero-order valence-electron chi connectivity index (χ0n) is 18.1. The molecule has 0 spiro atoms. The van der Waals surface area contributed by atoms with Crippen molar-refractivity contribution in [1.29, 1.82) is 0 Å². The number of nitrogens with zero attached hydrogens (tertiary/aromatic N) is 3. The van der Waals surface area contributed by atoms with Gasteiger partial charge in [-0.3, -0.25) is 9.69 Å². The molecule has 1 aliphatic rings. The molecule has 3 aromatic rings. The van der Waals surface area contributed by atoms with Crippen LogP contribution >= 0.6 is 0 Å². The lowest BCUT2D eigenvalue weighted by Crippen LogP contribution is -2.34. The van der Waals surface area contributed by atoms with Gasteiger partial charge in [0.15, 0.2) is 0 Å². The van der Waals surface area contributed by atoms with E-state index in [0.717, 1.165) is 61.1 Å². The van der Waals surface area contributed by atoms with Gasteiger partial charge in [0.2, 0.25) is 5.91 Å². The Hall–Kier alpha value is -3.25. The molecule has 3 heterocycles. The Labute approximate surface area is 183 Å². The first-order valence-corrected chi connectivity index (χ1v) is 10.8. The number of hydrogen-bond donors (Lipinski definition) is 2. The van der Waals surface area contributed by atoms with Crippen LogP contribution in [0.4, 0.5) is 17.3 Å². The number of benzene rings is 1. The van der Waals surface area contributed by atoms with Crippen molar-refractivity contribution in [3.8, 4) is 0 Å². The number of carbonyl (C=O) groups excluding carboxylic acids is 1. The SMILES string of the molecule is CC(=O)Nc1ccc(CN2CCCC(c3cccc(Nc4ncccc4C)n3)C2)cc1. The van der Waals surface area contributed by atoms with Crippen LogP contribution in [0.2, 0.25) is 0 Å². The number of likely N-dealkylation sites (tertiary alicyclic amines) is 1. The van der Waals surface area contributed by atoms with Gasteiger partial charge in [-0.2, -0.15) is 0 Å². The highest BCUT2D eigenvalue weighted by atomic mass is 16.1. The van der Waals surface area contributed by atoms with E-state index in [1.807, 2.05) is 37.3 Å². The topological polar surface area (TPSA) is 70.2 Å². The van der Waals surface area contributed by atoms with Gasteiger partial charge in [-0.1, -0.05) is 24.3 Å². The van der Waals surface area contributed by atoms with Crippen LogP contribution in [0.1, 0.15) is 42.5 Å². The standard InChI is InChI=1S/C25H29N5O/c1-18-6-4-14-26-25(18)29-24-9-3-8-23(28-24)21-7-5-15-30(17-21)16-20-10-12-22(13-11-20)27-19(2)31/h3-4,6,8-14,21H,5,7,15-17H2,1-2H3,(H,27,31)(H,26,28,29). The average molecular weight is 416 g/mol. The van der Waals surface area contributed by atoms with E-state index in [1.165, 1.54) is 12.5 Å². The third-order valence-corrected chi connectivity index (χ3v) is 5.63. The first-order valence-electron chi connectivity index (χ1n) is 10.8. The summed E-state index contributed by atoms with van der Waals surface area (Å²) >= 11 is 0. The zero-order valence-corrected chi connectivity index (χ0v) is 18.1. The van der Waals surface area contributed by atoms with E-state index in [9.17, 15) is 4.79 Å². The highest BCUT2D eigenvalue weighted by Crippen LogP contribution is 2.28. The molecule has 4 rings (SSSR count). The molecule has 1 unspecified atom stereocenters. The second-order valence-electron chi connectivity index (χ2n) is 8.19. The molecule has 0 aliphatic carbocycles. The fourth-order valence-electron chi connectivity index (χ4n) is 4.08. The van der Waals surface area contributed by atoms with Crippen LogP contribution in [0.25, 0.3) is 0 Å². The number of amides is 1. The van der Waals surface area contributed by atoms with Crippen LogP contribution in [-0.2, 0) is 11.3 Å². The lowest BCUT2D eigenvalue weighted by atomic mass is 9.94. The van der Waals surface area contributed by atoms with E-state index >= 15 is 0 Å². The summed E-state index contributed by atoms with van der Waals surface area (Å²) in [7, 11) is 0. The Morgan fingerprint density at radius 2 is 1.97 bits per heavy atom. The molecule has 31 heavy (non-hydrogen) atoms. The minimum atomic E-state index is -0.0472. The maximum Gasteiger partial charge on any atom is 0.221 e. The van der Waals surface area contributed by atoms with Gasteiger partial charge in [0.05, 0.1) is 0 Å². The van der Waals surface area contributed by atoms with Crippen molar-refractivity contribution in [3.63, 3.8) is 0 Å². The predicted molar refractivity (Wildman–Crippen MR) is 124 cm³/mol. The number of aromatic nitrogens is 2. The molecule has 0 bridgehead atoms. The van der Waals surface area contributed by atoms with Gasteiger partial charge in [0.1, 0.15) is 11.6 Å². The Morgan fingerprint density at radius 1 is 1.13 bits per heavy atom. The second kappa shape index (κ2) is 9.71. The number of aryl methyl sites for hydroxylation is 1. The monoisotopic (exact) mass is 415 g/mol. The third kappa shape index (κ3) is 5.67. The average Bonchev–Trinajstić information content (AvgIpc) is 2.77. The molecule has 2 N–H and O–H groups in total. The number of carbonyl (C=O) groups is 1. The second-order valence-corrected chi connectivity index (χ2v) is 8.19. The summed E-state index contributed by atoms with van der Waals surface area (Å²) < 4.78 is 0. The number of hydrogen-bond acceptors (Lipinski definition) is 5. The Kier molecular flexibility index (Phi) is 6.57. The number of rotatable bonds is 6. The minimum absolute atomic E-state index is 0.0472. The van der Waals surface area contributed by atoms with Crippen molar-refractivity contribution in [2.75, 3.05) is 23.7 Å². The number of anilines is 3. The van der Waals surface area contributed by atoms with Gasteiger partial charge >= 0.3 is 0 Å². The summed E-state index contributed by atoms with van der Waals surface area (Å²) in [5.41, 5.74) is 4.32. The van der Waals surface area contributed by atoms with E-state index < -0.39 is 0 Å². The smallest absolute Gasteiger partial charge is 0.221 e. The van der Waals surface area contributed by atoms with Crippen LogP contribution in [0.15, 0.2) is 60.8 Å². The van der Waals surface area contributed by atoms with Gasteiger partial charge in [0.25, 0.3) is 0 Å². The molecule has 6 nitrogen and oxygen atoms in total. The summed E-state index contributed by atoms with van der Waals surface area (Å²) in [6.07, 6.45) is 4.10. The first-order chi connectivity index (χ1) is 15.1. The quantitative estimate of drug-likeness (QED) is 0.601. The fourth-order valence-corrected chi connectivity index (χ4v) is 4.08. The molecule has 160 valence electrons. The molecule has 2 aromatic heterocycles. The Bertz CT molecular complexity index is 1030. The summed E-state index contributed by atoms with van der Waals surface area (Å²) in [4.78, 5) is 23.0. The van der Waals surface area contributed by atoms with Gasteiger partial charge in [-0.15, -0.1) is 0 Å². The van der Waals surface area contributed by atoms with Crippen molar-refractivity contribution < 1.29 is 4.79 Å². The molecule has 1 fully saturated rings. The summed E-state index contributed by atoms with van der Waals surface area (Å²) in [5, 5.41) is 6.17. The molecule has 6 heteroatoms. The largest absolute Gasteiger partial charge is 0.326 e. The van der Waals surface area contributed by atoms with Crippen molar-refractivity contribution in [2.45, 2.75) is 39.2 Å². The van der Waals surface area contributed by atoms with Crippen LogP contribution in [0.3, 0.4) is 0 Å². The van der Waals surface area contributed by atoms with E-state index in [0.29, 0.717) is 5.92 Å². The van der Waals surface area contributed by atoms with Crippen LogP contribution in [0, 0.1) is 6.92 Å². The molecule has 1 aliphatic heterocycles. The third-order valence-electron chi connectivity index (χ3n) is 5.63. The normalized spacial score (nSPS) is 16.6. The van der Waals surface area contributed by atoms with Gasteiger partial charge < -0.3 is 10.6 Å². The Balaban J connectivity index is 1.40.